The monoisotopic (exact) mass is 453 g/mol. The molecule has 2 atom stereocenters. The second-order valence-electron chi connectivity index (χ2n) is 10.9. The zero-order valence-electron chi connectivity index (χ0n) is 20.5. The molecule has 1 amide bonds. The Morgan fingerprint density at radius 2 is 1.26 bits per heavy atom. The fraction of sp³-hybridized carbons (Fsp3) is 0.387. The highest BCUT2D eigenvalue weighted by molar-refractivity contribution is 5.94. The molecule has 3 aromatic carbocycles. The summed E-state index contributed by atoms with van der Waals surface area (Å²) in [5, 5.41) is 3.34. The van der Waals surface area contributed by atoms with Crippen molar-refractivity contribution < 1.29 is 9.28 Å². The molecule has 3 heteroatoms. The van der Waals surface area contributed by atoms with Crippen molar-refractivity contribution in [2.45, 2.75) is 49.6 Å². The average molecular weight is 454 g/mol. The number of carbonyl (C=O) groups is 1. The number of fused-ring (bicyclic) bond motifs is 2. The van der Waals surface area contributed by atoms with Crippen LogP contribution in [0.5, 0.6) is 0 Å². The van der Waals surface area contributed by atoms with Crippen LogP contribution in [-0.2, 0) is 5.41 Å². The van der Waals surface area contributed by atoms with Crippen LogP contribution < -0.4 is 5.32 Å². The van der Waals surface area contributed by atoms with E-state index in [4.69, 9.17) is 0 Å². The van der Waals surface area contributed by atoms with Crippen molar-refractivity contribution >= 4 is 5.91 Å². The van der Waals surface area contributed by atoms with Gasteiger partial charge in [-0.2, -0.15) is 0 Å². The molecule has 34 heavy (non-hydrogen) atoms. The van der Waals surface area contributed by atoms with E-state index in [9.17, 15) is 4.79 Å². The van der Waals surface area contributed by atoms with E-state index in [1.54, 1.807) is 0 Å². The van der Waals surface area contributed by atoms with Crippen molar-refractivity contribution in [2.75, 3.05) is 20.6 Å². The van der Waals surface area contributed by atoms with Gasteiger partial charge in [0.1, 0.15) is 0 Å². The molecule has 2 aliphatic rings. The number of hydrogen-bond donors (Lipinski definition) is 1. The Labute approximate surface area is 204 Å². The van der Waals surface area contributed by atoms with Crippen LogP contribution in [0.15, 0.2) is 91.0 Å². The van der Waals surface area contributed by atoms with E-state index in [0.29, 0.717) is 18.0 Å². The van der Waals surface area contributed by atoms with E-state index in [1.807, 2.05) is 30.3 Å². The lowest BCUT2D eigenvalue weighted by atomic mass is 9.66. The van der Waals surface area contributed by atoms with E-state index >= 15 is 0 Å². The first-order chi connectivity index (χ1) is 16.5. The van der Waals surface area contributed by atoms with Crippen LogP contribution >= 0.6 is 0 Å². The molecule has 2 bridgehead atoms. The summed E-state index contributed by atoms with van der Waals surface area (Å²) in [4.78, 5) is 13.1. The van der Waals surface area contributed by atoms with Gasteiger partial charge in [0.2, 0.25) is 0 Å². The van der Waals surface area contributed by atoms with Gasteiger partial charge in [0, 0.05) is 43.2 Å². The summed E-state index contributed by atoms with van der Waals surface area (Å²) in [6.07, 6.45) is 6.31. The van der Waals surface area contributed by atoms with Crippen molar-refractivity contribution in [3.63, 3.8) is 0 Å². The summed E-state index contributed by atoms with van der Waals surface area (Å²) >= 11 is 0. The third-order valence-corrected chi connectivity index (χ3v) is 8.80. The molecule has 176 valence electrons. The topological polar surface area (TPSA) is 29.1 Å². The molecule has 2 heterocycles. The zero-order valence-corrected chi connectivity index (χ0v) is 20.5. The highest BCUT2D eigenvalue weighted by atomic mass is 16.1. The van der Waals surface area contributed by atoms with Crippen molar-refractivity contribution in [2.24, 2.45) is 5.92 Å². The van der Waals surface area contributed by atoms with Gasteiger partial charge in [-0.3, -0.25) is 4.79 Å². The van der Waals surface area contributed by atoms with Gasteiger partial charge in [-0.1, -0.05) is 78.9 Å². The van der Waals surface area contributed by atoms with Crippen molar-refractivity contribution in [1.82, 2.24) is 5.32 Å². The van der Waals surface area contributed by atoms with Gasteiger partial charge in [0.15, 0.2) is 0 Å². The third kappa shape index (κ3) is 4.30. The lowest BCUT2D eigenvalue weighted by Crippen LogP contribution is -2.55. The molecule has 0 spiro atoms. The Morgan fingerprint density at radius 3 is 1.76 bits per heavy atom. The van der Waals surface area contributed by atoms with Gasteiger partial charge in [-0.05, 0) is 35.6 Å². The van der Waals surface area contributed by atoms with Crippen LogP contribution in [-0.4, -0.2) is 43.1 Å². The minimum Gasteiger partial charge on any atom is -0.351 e. The molecule has 3 aromatic rings. The van der Waals surface area contributed by atoms with Crippen LogP contribution in [0, 0.1) is 5.92 Å². The zero-order chi connectivity index (χ0) is 23.6. The number of hydrogen-bond acceptors (Lipinski definition) is 1. The van der Waals surface area contributed by atoms with E-state index in [-0.39, 0.29) is 11.3 Å². The van der Waals surface area contributed by atoms with Gasteiger partial charge >= 0.3 is 0 Å². The molecule has 1 N–H and O–H groups in total. The molecule has 0 aliphatic carbocycles. The standard InChI is InChI=1S/C31H36N2O/c1-33(2)28-18-19-29(33)21-24(20-28)22-31(26-14-8-4-9-15-26,27-16-10-5-11-17-27)23-32-30(34)25-12-6-3-7-13-25/h3-17,24,28-29H,18-23H2,1-2H3/p+1/t28-,29-/m0/s1. The molecule has 5 rings (SSSR count). The summed E-state index contributed by atoms with van der Waals surface area (Å²) < 4.78 is 1.19. The van der Waals surface area contributed by atoms with Crippen LogP contribution in [0.25, 0.3) is 0 Å². The molecule has 0 aromatic heterocycles. The predicted octanol–water partition coefficient (Wildman–Crippen LogP) is 5.81. The predicted molar refractivity (Wildman–Crippen MR) is 139 cm³/mol. The molecule has 0 unspecified atom stereocenters. The SMILES string of the molecule is C[N+]1(C)[C@H]2CC[C@H]1CC(CC(CNC(=O)c1ccccc1)(c1ccccc1)c1ccccc1)C2. The highest BCUT2D eigenvalue weighted by Gasteiger charge is 2.50. The van der Waals surface area contributed by atoms with E-state index in [0.717, 1.165) is 18.5 Å². The quantitative estimate of drug-likeness (QED) is 0.450. The fourth-order valence-corrected chi connectivity index (χ4v) is 6.77. The van der Waals surface area contributed by atoms with Crippen LogP contribution in [0.4, 0.5) is 0 Å². The number of rotatable bonds is 7. The van der Waals surface area contributed by atoms with E-state index < -0.39 is 0 Å². The molecular weight excluding hydrogens is 416 g/mol. The maximum absolute atomic E-state index is 13.1. The van der Waals surface area contributed by atoms with Crippen molar-refractivity contribution in [3.8, 4) is 0 Å². The highest BCUT2D eigenvalue weighted by Crippen LogP contribution is 2.47. The van der Waals surface area contributed by atoms with Crippen LogP contribution in [0.2, 0.25) is 0 Å². The first-order valence-corrected chi connectivity index (χ1v) is 12.8. The van der Waals surface area contributed by atoms with Gasteiger partial charge < -0.3 is 9.80 Å². The Morgan fingerprint density at radius 1 is 0.794 bits per heavy atom. The summed E-state index contributed by atoms with van der Waals surface area (Å²) in [5.41, 5.74) is 3.04. The van der Waals surface area contributed by atoms with Gasteiger partial charge in [-0.25, -0.2) is 0 Å². The smallest absolute Gasteiger partial charge is 0.251 e. The van der Waals surface area contributed by atoms with Crippen LogP contribution in [0.1, 0.15) is 53.6 Å². The van der Waals surface area contributed by atoms with Gasteiger partial charge in [-0.15, -0.1) is 0 Å². The van der Waals surface area contributed by atoms with E-state index in [2.05, 4.69) is 80.1 Å². The van der Waals surface area contributed by atoms with Gasteiger partial charge in [0.05, 0.1) is 26.2 Å². The Bertz CT molecular complexity index is 1040. The molecule has 2 fully saturated rings. The molecule has 2 saturated heterocycles. The van der Waals surface area contributed by atoms with Crippen molar-refractivity contribution in [3.05, 3.63) is 108 Å². The number of carbonyl (C=O) groups excluding carboxylic acids is 1. The summed E-state index contributed by atoms with van der Waals surface area (Å²) in [7, 11) is 4.86. The molecule has 0 radical (unpaired) electrons. The normalized spacial score (nSPS) is 23.4. The third-order valence-electron chi connectivity index (χ3n) is 8.80. The number of amides is 1. The Hall–Kier alpha value is -2.91. The minimum absolute atomic E-state index is 0.00153. The number of nitrogens with zero attached hydrogens (tertiary/aromatic N) is 1. The Kier molecular flexibility index (Phi) is 6.31. The number of piperidine rings is 1. The molecule has 2 aliphatic heterocycles. The minimum atomic E-state index is -0.258. The van der Waals surface area contributed by atoms with Crippen molar-refractivity contribution in [1.29, 1.82) is 0 Å². The molecular formula is C31H37N2O+. The summed E-state index contributed by atoms with van der Waals surface area (Å²) in [5.74, 6) is 0.649. The first-order valence-electron chi connectivity index (χ1n) is 12.8. The molecule has 0 saturated carbocycles. The van der Waals surface area contributed by atoms with Crippen LogP contribution in [0.3, 0.4) is 0 Å². The van der Waals surface area contributed by atoms with Gasteiger partial charge in [0.25, 0.3) is 5.91 Å². The number of benzene rings is 3. The summed E-state index contributed by atoms with van der Waals surface area (Å²) in [6.45, 7) is 0.596. The lowest BCUT2D eigenvalue weighted by Gasteiger charge is -2.47. The second kappa shape index (κ2) is 9.38. The number of quaternary nitrogens is 1. The maximum Gasteiger partial charge on any atom is 0.251 e. The Balaban J connectivity index is 1.50. The molecule has 3 nitrogen and oxygen atoms in total. The summed E-state index contributed by atoms with van der Waals surface area (Å²) in [6, 6.07) is 32.8. The largest absolute Gasteiger partial charge is 0.351 e. The first kappa shape index (κ1) is 22.9. The number of nitrogens with one attached hydrogen (secondary N) is 1. The maximum atomic E-state index is 13.1. The average Bonchev–Trinajstić information content (AvgIpc) is 3.03. The fourth-order valence-electron chi connectivity index (χ4n) is 6.77. The second-order valence-corrected chi connectivity index (χ2v) is 10.9. The van der Waals surface area contributed by atoms with E-state index in [1.165, 1.54) is 41.3 Å². The lowest BCUT2D eigenvalue weighted by molar-refractivity contribution is -0.931.